The molecule has 0 radical (unpaired) electrons. The normalized spacial score (nSPS) is 26.4. The van der Waals surface area contributed by atoms with Gasteiger partial charge in [-0.3, -0.25) is 24.5 Å². The highest BCUT2D eigenvalue weighted by atomic mass is 31.2. The first-order valence-corrected chi connectivity index (χ1v) is 22.8. The van der Waals surface area contributed by atoms with E-state index in [1.54, 1.807) is 32.6 Å². The number of rotatable bonds is 14. The molecule has 332 valence electrons. The minimum absolute atomic E-state index is 0.00251. The van der Waals surface area contributed by atoms with Crippen molar-refractivity contribution < 1.29 is 37.5 Å². The molecule has 16 heteroatoms. The molecule has 4 fully saturated rings. The molecule has 4 aliphatic rings. The molecule has 0 spiro atoms. The van der Waals surface area contributed by atoms with Gasteiger partial charge in [-0.1, -0.05) is 98.8 Å². The van der Waals surface area contributed by atoms with Crippen LogP contribution in [-0.4, -0.2) is 87.4 Å². The van der Waals surface area contributed by atoms with E-state index < -0.39 is 49.8 Å². The summed E-state index contributed by atoms with van der Waals surface area (Å²) < 4.78 is 51.4. The molecule has 6 heterocycles. The van der Waals surface area contributed by atoms with Crippen LogP contribution in [0.4, 0.5) is 5.95 Å². The SMILES string of the molecule is COc1ccc(C(OC[C@]23O[C@@H](n4cnc5c(=O)[nH]c(NC(=O)C(C)C)nc54)[C@@H](O[C@H]2C)C3O[P@@]2O[C@H](c3ccccc3)[C@@H]3CCCN32)(c2ccccc2)c2ccc(OC)cc2)cc1. The largest absolute Gasteiger partial charge is 0.497 e. The molecule has 2 aromatic heterocycles. The van der Waals surface area contributed by atoms with Gasteiger partial charge in [0.1, 0.15) is 41.0 Å². The lowest BCUT2D eigenvalue weighted by Gasteiger charge is -2.42. The number of nitrogens with zero attached hydrogens (tertiary/aromatic N) is 4. The van der Waals surface area contributed by atoms with E-state index in [2.05, 4.69) is 44.2 Å². The van der Waals surface area contributed by atoms with Crippen molar-refractivity contribution in [2.75, 3.05) is 32.7 Å². The van der Waals surface area contributed by atoms with Crippen LogP contribution in [0.1, 0.15) is 68.2 Å². The summed E-state index contributed by atoms with van der Waals surface area (Å²) in [5.41, 5.74) is 1.05. The second kappa shape index (κ2) is 17.1. The Morgan fingerprint density at radius 2 is 1.58 bits per heavy atom. The van der Waals surface area contributed by atoms with Crippen LogP contribution < -0.4 is 20.3 Å². The van der Waals surface area contributed by atoms with E-state index in [-0.39, 0.29) is 47.7 Å². The van der Waals surface area contributed by atoms with E-state index in [9.17, 15) is 9.59 Å². The molecule has 4 aromatic carbocycles. The molecule has 15 nitrogen and oxygen atoms in total. The first-order chi connectivity index (χ1) is 31.1. The minimum atomic E-state index is -1.60. The Morgan fingerprint density at radius 1 is 0.938 bits per heavy atom. The predicted octanol–water partition coefficient (Wildman–Crippen LogP) is 7.64. The second-order valence-corrected chi connectivity index (χ2v) is 18.4. The molecule has 4 aliphatic heterocycles. The fourth-order valence-corrected chi connectivity index (χ4v) is 11.6. The van der Waals surface area contributed by atoms with Crippen LogP contribution in [0.15, 0.2) is 120 Å². The zero-order chi connectivity index (χ0) is 44.2. The van der Waals surface area contributed by atoms with Crippen molar-refractivity contribution in [2.24, 2.45) is 5.92 Å². The Balaban J connectivity index is 1.09. The number of H-pyrrole nitrogens is 1. The van der Waals surface area contributed by atoms with Crippen LogP contribution in [0.2, 0.25) is 0 Å². The quantitative estimate of drug-likeness (QED) is 0.0814. The lowest BCUT2D eigenvalue weighted by Crippen LogP contribution is -2.52. The summed E-state index contributed by atoms with van der Waals surface area (Å²) in [5, 5.41) is 2.73. The Morgan fingerprint density at radius 3 is 2.22 bits per heavy atom. The Bertz CT molecular complexity index is 2620. The molecule has 6 aromatic rings. The van der Waals surface area contributed by atoms with Crippen molar-refractivity contribution in [3.63, 3.8) is 0 Å². The van der Waals surface area contributed by atoms with Crippen LogP contribution in [0, 0.1) is 5.92 Å². The highest BCUT2D eigenvalue weighted by Crippen LogP contribution is 2.64. The first kappa shape index (κ1) is 42.4. The predicted molar refractivity (Wildman–Crippen MR) is 239 cm³/mol. The lowest BCUT2D eigenvalue weighted by molar-refractivity contribution is -0.229. The maximum absolute atomic E-state index is 13.4. The number of imidazole rings is 1. The smallest absolute Gasteiger partial charge is 0.280 e. The van der Waals surface area contributed by atoms with E-state index in [1.807, 2.05) is 91.9 Å². The van der Waals surface area contributed by atoms with Gasteiger partial charge in [0.2, 0.25) is 11.9 Å². The molecule has 64 heavy (non-hydrogen) atoms. The van der Waals surface area contributed by atoms with Gasteiger partial charge in [-0.2, -0.15) is 4.98 Å². The summed E-state index contributed by atoms with van der Waals surface area (Å²) in [6, 6.07) is 36.3. The number of aromatic nitrogens is 4. The van der Waals surface area contributed by atoms with Gasteiger partial charge in [0, 0.05) is 18.5 Å². The Kier molecular flexibility index (Phi) is 11.4. The number of carbonyl (C=O) groups excluding carboxylic acids is 1. The zero-order valence-electron chi connectivity index (χ0n) is 36.2. The van der Waals surface area contributed by atoms with E-state index in [0.717, 1.165) is 41.6 Å². The number of ether oxygens (including phenoxy) is 5. The van der Waals surface area contributed by atoms with Gasteiger partial charge in [0.15, 0.2) is 17.4 Å². The third-order valence-corrected chi connectivity index (χ3v) is 14.7. The zero-order valence-corrected chi connectivity index (χ0v) is 37.1. The number of benzene rings is 4. The summed E-state index contributed by atoms with van der Waals surface area (Å²) in [6.45, 7) is 6.32. The van der Waals surface area contributed by atoms with Crippen molar-refractivity contribution in [1.29, 1.82) is 0 Å². The fraction of sp³-hybridized carbons (Fsp3) is 0.375. The minimum Gasteiger partial charge on any atom is -0.497 e. The van der Waals surface area contributed by atoms with Crippen LogP contribution in [0.25, 0.3) is 11.2 Å². The maximum Gasteiger partial charge on any atom is 0.280 e. The summed E-state index contributed by atoms with van der Waals surface area (Å²) in [6.07, 6.45) is 0.500. The highest BCUT2D eigenvalue weighted by molar-refractivity contribution is 7.45. The monoisotopic (exact) mass is 886 g/mol. The van der Waals surface area contributed by atoms with Gasteiger partial charge in [-0.15, -0.1) is 0 Å². The third kappa shape index (κ3) is 7.19. The lowest BCUT2D eigenvalue weighted by atomic mass is 9.79. The Labute approximate surface area is 371 Å². The Hall–Kier alpha value is -5.51. The standard InChI is InChI=1S/C48H51N6O9P/c1-29(2)43(55)51-46-50-42-38(44(56)52-46)49-28-53(42)45-40-41(63-64-54-26-12-17-37(54)39(62-64)31-13-8-6-9-14-31)47(61-45,30(3)60-40)27-59-48(32-15-10-7-11-16-32,33-18-22-35(57-4)23-19-33)34-20-24-36(58-5)25-21-34/h6-11,13-16,18-25,28-30,37,39-41,45H,12,17,26-27H2,1-5H3,(H2,50,51,52,55,56)/t30-,37-,39+,40-,41?,45+,47-,64+/m0/s1. The number of aromatic amines is 1. The van der Waals surface area contributed by atoms with E-state index in [0.29, 0.717) is 11.5 Å². The van der Waals surface area contributed by atoms with E-state index >= 15 is 0 Å². The second-order valence-electron chi connectivity index (χ2n) is 17.0. The van der Waals surface area contributed by atoms with E-state index in [4.69, 9.17) is 37.7 Å². The average Bonchev–Trinajstić information content (AvgIpc) is 4.15. The highest BCUT2D eigenvalue weighted by Gasteiger charge is 2.69. The summed E-state index contributed by atoms with van der Waals surface area (Å²) in [4.78, 5) is 38.0. The van der Waals surface area contributed by atoms with Crippen molar-refractivity contribution in [3.8, 4) is 11.5 Å². The van der Waals surface area contributed by atoms with Gasteiger partial charge in [0.05, 0.1) is 33.3 Å². The van der Waals surface area contributed by atoms with Crippen molar-refractivity contribution in [1.82, 2.24) is 24.2 Å². The van der Waals surface area contributed by atoms with Gasteiger partial charge < -0.3 is 32.7 Å². The number of carbonyl (C=O) groups is 1. The molecule has 0 aliphatic carbocycles. The van der Waals surface area contributed by atoms with Gasteiger partial charge >= 0.3 is 0 Å². The molecule has 2 N–H and O–H groups in total. The first-order valence-electron chi connectivity index (χ1n) is 21.7. The van der Waals surface area contributed by atoms with Gasteiger partial charge in [0.25, 0.3) is 14.1 Å². The number of hydrogen-bond acceptors (Lipinski definition) is 12. The molecule has 4 saturated heterocycles. The van der Waals surface area contributed by atoms with Gasteiger partial charge in [-0.05, 0) is 66.3 Å². The number of fused-ring (bicyclic) bond motifs is 4. The van der Waals surface area contributed by atoms with Crippen molar-refractivity contribution >= 4 is 31.5 Å². The topological polar surface area (TPSA) is 161 Å². The van der Waals surface area contributed by atoms with Crippen molar-refractivity contribution in [3.05, 3.63) is 148 Å². The molecular weight excluding hydrogens is 836 g/mol. The summed E-state index contributed by atoms with van der Waals surface area (Å²) in [7, 11) is 1.69. The number of hydrogen-bond donors (Lipinski definition) is 2. The van der Waals surface area contributed by atoms with Crippen LogP contribution in [-0.2, 0) is 33.7 Å². The average molecular weight is 887 g/mol. The molecule has 1 amide bonds. The molecule has 8 atom stereocenters. The molecule has 0 saturated carbocycles. The van der Waals surface area contributed by atoms with E-state index in [1.165, 1.54) is 6.33 Å². The van der Waals surface area contributed by atoms with Crippen molar-refractivity contribution in [2.45, 2.75) is 81.5 Å². The summed E-state index contributed by atoms with van der Waals surface area (Å²) >= 11 is 0. The number of anilines is 1. The number of nitrogens with one attached hydrogen (secondary N) is 2. The summed E-state index contributed by atoms with van der Waals surface area (Å²) in [5.74, 6) is 0.769. The number of amides is 1. The van der Waals surface area contributed by atoms with Crippen LogP contribution in [0.3, 0.4) is 0 Å². The fourth-order valence-electron chi connectivity index (χ4n) is 9.55. The molecular formula is C48H51N6O9P. The third-order valence-electron chi connectivity index (χ3n) is 13.0. The van der Waals surface area contributed by atoms with Gasteiger partial charge in [-0.25, -0.2) is 9.65 Å². The molecule has 10 rings (SSSR count). The van der Waals surface area contributed by atoms with Crippen LogP contribution in [0.5, 0.6) is 11.5 Å². The van der Waals surface area contributed by atoms with Crippen LogP contribution >= 0.6 is 8.53 Å². The maximum atomic E-state index is 13.4. The number of methoxy groups -OCH3 is 2. The molecule has 2 bridgehead atoms. The molecule has 1 unspecified atom stereocenters.